The van der Waals surface area contributed by atoms with Gasteiger partial charge in [0.05, 0.1) is 12.1 Å². The van der Waals surface area contributed by atoms with E-state index in [-0.39, 0.29) is 5.52 Å². The predicted octanol–water partition coefficient (Wildman–Crippen LogP) is 1.83. The van der Waals surface area contributed by atoms with Crippen molar-refractivity contribution in [2.24, 2.45) is 11.7 Å². The molecule has 1 saturated carbocycles. The fraction of sp³-hybridized carbons (Fsp3) is 0.333. The van der Waals surface area contributed by atoms with Crippen molar-refractivity contribution in [1.82, 2.24) is 4.98 Å². The Bertz CT molecular complexity index is 706. The first-order valence-electron chi connectivity index (χ1n) is 6.79. The standard InChI is InChI=1S/C15H15FN2O3/c16-11-3-1-2-9-10(6-18-13(9)11)12(14(17)19)15(20)21-7-8-4-5-8/h1-3,6,8,12,18H,4-5,7H2,(H2,17,19). The van der Waals surface area contributed by atoms with Gasteiger partial charge < -0.3 is 15.5 Å². The van der Waals surface area contributed by atoms with Crippen LogP contribution in [-0.4, -0.2) is 23.5 Å². The minimum atomic E-state index is -1.22. The summed E-state index contributed by atoms with van der Waals surface area (Å²) in [5.41, 5.74) is 5.92. The van der Waals surface area contributed by atoms with E-state index < -0.39 is 23.6 Å². The molecule has 2 aromatic rings. The Labute approximate surface area is 120 Å². The quantitative estimate of drug-likeness (QED) is 0.650. The maximum absolute atomic E-state index is 13.7. The number of carbonyl (C=O) groups is 2. The van der Waals surface area contributed by atoms with Crippen LogP contribution in [0.25, 0.3) is 10.9 Å². The zero-order chi connectivity index (χ0) is 15.0. The number of amides is 1. The molecule has 3 N–H and O–H groups in total. The van der Waals surface area contributed by atoms with E-state index in [2.05, 4.69) is 4.98 Å². The van der Waals surface area contributed by atoms with Gasteiger partial charge in [-0.15, -0.1) is 0 Å². The van der Waals surface area contributed by atoms with Gasteiger partial charge >= 0.3 is 5.97 Å². The average Bonchev–Trinajstić information content (AvgIpc) is 3.18. The first kappa shape index (κ1) is 13.6. The molecule has 0 saturated heterocycles. The van der Waals surface area contributed by atoms with Gasteiger partial charge in [0.2, 0.25) is 5.91 Å². The number of para-hydroxylation sites is 1. The normalized spacial score (nSPS) is 15.9. The lowest BCUT2D eigenvalue weighted by molar-refractivity contribution is -0.148. The van der Waals surface area contributed by atoms with Crippen LogP contribution < -0.4 is 5.73 Å². The van der Waals surface area contributed by atoms with Crippen LogP contribution in [0.15, 0.2) is 24.4 Å². The molecule has 0 bridgehead atoms. The number of H-pyrrole nitrogens is 1. The summed E-state index contributed by atoms with van der Waals surface area (Å²) in [7, 11) is 0. The van der Waals surface area contributed by atoms with E-state index >= 15 is 0 Å². The van der Waals surface area contributed by atoms with Gasteiger partial charge in [-0.1, -0.05) is 12.1 Å². The van der Waals surface area contributed by atoms with Crippen molar-refractivity contribution in [2.45, 2.75) is 18.8 Å². The molecule has 3 rings (SSSR count). The first-order chi connectivity index (χ1) is 10.1. The van der Waals surface area contributed by atoms with Gasteiger partial charge in [-0.05, 0) is 24.8 Å². The highest BCUT2D eigenvalue weighted by Gasteiger charge is 2.32. The number of aromatic amines is 1. The molecule has 0 spiro atoms. The van der Waals surface area contributed by atoms with Crippen LogP contribution in [0.3, 0.4) is 0 Å². The molecule has 5 nitrogen and oxygen atoms in total. The zero-order valence-electron chi connectivity index (χ0n) is 11.3. The molecule has 0 aliphatic heterocycles. The smallest absolute Gasteiger partial charge is 0.323 e. The van der Waals surface area contributed by atoms with Crippen LogP contribution in [0.1, 0.15) is 24.3 Å². The maximum atomic E-state index is 13.7. The van der Waals surface area contributed by atoms with E-state index in [0.29, 0.717) is 23.5 Å². The summed E-state index contributed by atoms with van der Waals surface area (Å²) in [5.74, 6) is -2.77. The number of halogens is 1. The number of nitrogens with two attached hydrogens (primary N) is 1. The molecule has 1 aromatic heterocycles. The van der Waals surface area contributed by atoms with Crippen molar-refractivity contribution >= 4 is 22.8 Å². The molecule has 1 aliphatic carbocycles. The summed E-state index contributed by atoms with van der Waals surface area (Å²) in [5, 5.41) is 0.460. The number of rotatable bonds is 5. The highest BCUT2D eigenvalue weighted by Crippen LogP contribution is 2.31. The van der Waals surface area contributed by atoms with Crippen molar-refractivity contribution in [2.75, 3.05) is 6.61 Å². The fourth-order valence-corrected chi connectivity index (χ4v) is 2.34. The van der Waals surface area contributed by atoms with Crippen molar-refractivity contribution in [3.63, 3.8) is 0 Å². The number of benzene rings is 1. The van der Waals surface area contributed by atoms with Crippen molar-refractivity contribution < 1.29 is 18.7 Å². The molecule has 1 atom stereocenters. The summed E-state index contributed by atoms with van der Waals surface area (Å²) in [6, 6.07) is 4.45. The Morgan fingerprint density at radius 3 is 2.86 bits per heavy atom. The molecule has 0 radical (unpaired) electrons. The number of carbonyl (C=O) groups excluding carboxylic acids is 2. The third-order valence-corrected chi connectivity index (χ3v) is 3.69. The number of ether oxygens (including phenoxy) is 1. The topological polar surface area (TPSA) is 85.2 Å². The summed E-state index contributed by atoms with van der Waals surface area (Å²) in [6.45, 7) is 0.305. The van der Waals surface area contributed by atoms with E-state index in [4.69, 9.17) is 10.5 Å². The van der Waals surface area contributed by atoms with E-state index in [9.17, 15) is 14.0 Å². The SMILES string of the molecule is NC(=O)C(C(=O)OCC1CC1)c1c[nH]c2c(F)cccc12. The lowest BCUT2D eigenvalue weighted by atomic mass is 9.98. The summed E-state index contributed by atoms with van der Waals surface area (Å²) in [6.07, 6.45) is 3.50. The Balaban J connectivity index is 1.93. The van der Waals surface area contributed by atoms with Crippen LogP contribution >= 0.6 is 0 Å². The molecule has 1 aromatic carbocycles. The summed E-state index contributed by atoms with van der Waals surface area (Å²) in [4.78, 5) is 26.5. The van der Waals surface area contributed by atoms with Crippen LogP contribution in [0.4, 0.5) is 4.39 Å². The molecule has 1 aliphatic rings. The zero-order valence-corrected chi connectivity index (χ0v) is 11.3. The van der Waals surface area contributed by atoms with Crippen LogP contribution in [-0.2, 0) is 14.3 Å². The van der Waals surface area contributed by atoms with Gasteiger partial charge in [0, 0.05) is 17.1 Å². The number of primary amides is 1. The number of hydrogen-bond donors (Lipinski definition) is 2. The number of nitrogens with one attached hydrogen (secondary N) is 1. The average molecular weight is 290 g/mol. The summed E-state index contributed by atoms with van der Waals surface area (Å²) < 4.78 is 18.8. The molecule has 1 fully saturated rings. The molecule has 6 heteroatoms. The fourth-order valence-electron chi connectivity index (χ4n) is 2.34. The van der Waals surface area contributed by atoms with E-state index in [1.165, 1.54) is 18.3 Å². The van der Waals surface area contributed by atoms with Gasteiger partial charge in [-0.25, -0.2) is 4.39 Å². The van der Waals surface area contributed by atoms with Crippen LogP contribution in [0, 0.1) is 11.7 Å². The number of aromatic nitrogens is 1. The second-order valence-corrected chi connectivity index (χ2v) is 5.32. The largest absolute Gasteiger partial charge is 0.465 e. The van der Waals surface area contributed by atoms with E-state index in [1.807, 2.05) is 0 Å². The number of hydrogen-bond acceptors (Lipinski definition) is 3. The Morgan fingerprint density at radius 1 is 1.43 bits per heavy atom. The second-order valence-electron chi connectivity index (χ2n) is 5.32. The van der Waals surface area contributed by atoms with Gasteiger partial charge in [-0.2, -0.15) is 0 Å². The summed E-state index contributed by atoms with van der Waals surface area (Å²) >= 11 is 0. The molecule has 1 unspecified atom stereocenters. The lowest BCUT2D eigenvalue weighted by Gasteiger charge is -2.12. The minimum Gasteiger partial charge on any atom is -0.465 e. The van der Waals surface area contributed by atoms with Crippen molar-refractivity contribution in [3.8, 4) is 0 Å². The van der Waals surface area contributed by atoms with Crippen molar-refractivity contribution in [1.29, 1.82) is 0 Å². The Hall–Kier alpha value is -2.37. The van der Waals surface area contributed by atoms with Crippen molar-refractivity contribution in [3.05, 3.63) is 35.8 Å². The molecule has 1 amide bonds. The minimum absolute atomic E-state index is 0.244. The number of esters is 1. The van der Waals surface area contributed by atoms with Gasteiger partial charge in [0.15, 0.2) is 5.92 Å². The molecular weight excluding hydrogens is 275 g/mol. The van der Waals surface area contributed by atoms with E-state index in [1.54, 1.807) is 6.07 Å². The monoisotopic (exact) mass is 290 g/mol. The maximum Gasteiger partial charge on any atom is 0.323 e. The van der Waals surface area contributed by atoms with E-state index in [0.717, 1.165) is 12.8 Å². The van der Waals surface area contributed by atoms with Gasteiger partial charge in [-0.3, -0.25) is 9.59 Å². The third kappa shape index (κ3) is 2.61. The number of fused-ring (bicyclic) bond motifs is 1. The van der Waals surface area contributed by atoms with Crippen LogP contribution in [0.2, 0.25) is 0 Å². The van der Waals surface area contributed by atoms with Gasteiger partial charge in [0.25, 0.3) is 0 Å². The highest BCUT2D eigenvalue weighted by atomic mass is 19.1. The molecule has 110 valence electrons. The molecular formula is C15H15FN2O3. The molecule has 1 heterocycles. The lowest BCUT2D eigenvalue weighted by Crippen LogP contribution is -2.30. The third-order valence-electron chi connectivity index (χ3n) is 3.69. The second kappa shape index (κ2) is 5.20. The van der Waals surface area contributed by atoms with Crippen LogP contribution in [0.5, 0.6) is 0 Å². The highest BCUT2D eigenvalue weighted by molar-refractivity contribution is 6.06. The predicted molar refractivity (Wildman–Crippen MR) is 73.9 cm³/mol. The molecule has 21 heavy (non-hydrogen) atoms. The van der Waals surface area contributed by atoms with Gasteiger partial charge in [0.1, 0.15) is 5.82 Å². The first-order valence-corrected chi connectivity index (χ1v) is 6.79. The Morgan fingerprint density at radius 2 is 2.19 bits per heavy atom. The Kier molecular flexibility index (Phi) is 3.37.